The molecule has 32 heavy (non-hydrogen) atoms. The standard InChI is InChI=1S/C25H29N3O2S.CH4/c29-31(30,28-15-5-7-19-6-3-10-22(28)16-19)23-12-13-24-20(17-23)8-4-11-25(24)27-18-21-9-1-2-14-26-21;/h1-2,4,8-9,11-14,17,19,22,27H,3,5-7,10,15-16,18H2;1H4. The van der Waals surface area contributed by atoms with Crippen molar-refractivity contribution < 1.29 is 8.42 Å². The molecule has 3 aromatic rings. The second-order valence-corrected chi connectivity index (χ2v) is 10.7. The van der Waals surface area contributed by atoms with Gasteiger partial charge in [0.2, 0.25) is 10.0 Å². The number of benzene rings is 2. The van der Waals surface area contributed by atoms with Crippen LogP contribution in [-0.4, -0.2) is 30.3 Å². The van der Waals surface area contributed by atoms with Crippen molar-refractivity contribution in [1.82, 2.24) is 9.29 Å². The van der Waals surface area contributed by atoms with E-state index < -0.39 is 10.0 Å². The minimum Gasteiger partial charge on any atom is -0.379 e. The maximum atomic E-state index is 13.6. The first-order chi connectivity index (χ1) is 15.1. The van der Waals surface area contributed by atoms with Crippen molar-refractivity contribution in [2.24, 2.45) is 5.92 Å². The summed E-state index contributed by atoms with van der Waals surface area (Å²) in [5.41, 5.74) is 1.95. The SMILES string of the molecule is C.O=S(=O)(c1ccc2c(NCc3ccccn3)cccc2c1)N1CCCC2CCCC1C2. The number of anilines is 1. The van der Waals surface area contributed by atoms with Crippen LogP contribution in [-0.2, 0) is 16.6 Å². The lowest BCUT2D eigenvalue weighted by Gasteiger charge is -2.33. The van der Waals surface area contributed by atoms with E-state index >= 15 is 0 Å². The maximum Gasteiger partial charge on any atom is 0.243 e. The van der Waals surface area contributed by atoms with Crippen LogP contribution in [0, 0.1) is 5.92 Å². The number of rotatable bonds is 5. The first kappa shape index (κ1) is 22.7. The molecule has 1 N–H and O–H groups in total. The summed E-state index contributed by atoms with van der Waals surface area (Å²) in [5, 5.41) is 5.39. The average Bonchev–Trinajstić information content (AvgIpc) is 2.95. The predicted octanol–water partition coefficient (Wildman–Crippen LogP) is 5.83. The summed E-state index contributed by atoms with van der Waals surface area (Å²) in [6.07, 6.45) is 8.33. The normalized spacial score (nSPS) is 21.5. The van der Waals surface area contributed by atoms with Crippen molar-refractivity contribution in [1.29, 1.82) is 0 Å². The minimum absolute atomic E-state index is 0. The molecule has 2 heterocycles. The van der Waals surface area contributed by atoms with E-state index in [0.29, 0.717) is 23.9 Å². The Morgan fingerprint density at radius 2 is 1.88 bits per heavy atom. The van der Waals surface area contributed by atoms with Gasteiger partial charge in [-0.2, -0.15) is 4.31 Å². The molecule has 170 valence electrons. The van der Waals surface area contributed by atoms with Gasteiger partial charge >= 0.3 is 0 Å². The topological polar surface area (TPSA) is 62.3 Å². The summed E-state index contributed by atoms with van der Waals surface area (Å²) in [5.74, 6) is 0.697. The van der Waals surface area contributed by atoms with Gasteiger partial charge in [0.05, 0.1) is 17.1 Å². The fourth-order valence-electron chi connectivity index (χ4n) is 5.22. The molecule has 2 bridgehead atoms. The minimum atomic E-state index is -3.49. The van der Waals surface area contributed by atoms with Gasteiger partial charge in [0.25, 0.3) is 0 Å². The van der Waals surface area contributed by atoms with Crippen LogP contribution >= 0.6 is 0 Å². The molecule has 2 fully saturated rings. The van der Waals surface area contributed by atoms with Gasteiger partial charge in [-0.3, -0.25) is 4.98 Å². The molecular formula is C26H33N3O2S. The van der Waals surface area contributed by atoms with Crippen molar-refractivity contribution in [2.45, 2.75) is 63.4 Å². The lowest BCUT2D eigenvalue weighted by Crippen LogP contribution is -2.41. The number of aromatic nitrogens is 1. The van der Waals surface area contributed by atoms with E-state index in [1.54, 1.807) is 16.6 Å². The number of hydrogen-bond donors (Lipinski definition) is 1. The average molecular weight is 452 g/mol. The zero-order valence-corrected chi connectivity index (χ0v) is 18.5. The summed E-state index contributed by atoms with van der Waals surface area (Å²) in [6, 6.07) is 17.5. The van der Waals surface area contributed by atoms with Crippen LogP contribution in [0.1, 0.15) is 51.6 Å². The lowest BCUT2D eigenvalue weighted by molar-refractivity contribution is 0.238. The zero-order chi connectivity index (χ0) is 21.3. The van der Waals surface area contributed by atoms with Crippen LogP contribution in [0.4, 0.5) is 5.69 Å². The maximum absolute atomic E-state index is 13.6. The zero-order valence-electron chi connectivity index (χ0n) is 17.7. The van der Waals surface area contributed by atoms with Crippen LogP contribution in [0.5, 0.6) is 0 Å². The first-order valence-electron chi connectivity index (χ1n) is 11.3. The van der Waals surface area contributed by atoms with Crippen molar-refractivity contribution in [3.05, 3.63) is 66.5 Å². The Hall–Kier alpha value is -2.44. The summed E-state index contributed by atoms with van der Waals surface area (Å²) < 4.78 is 29.0. The Balaban J connectivity index is 0.00000245. The number of nitrogens with zero attached hydrogens (tertiary/aromatic N) is 2. The summed E-state index contributed by atoms with van der Waals surface area (Å²) in [7, 11) is -3.49. The second-order valence-electron chi connectivity index (χ2n) is 8.81. The van der Waals surface area contributed by atoms with Crippen molar-refractivity contribution in [3.8, 4) is 0 Å². The molecule has 5 nitrogen and oxygen atoms in total. The van der Waals surface area contributed by atoms with Gasteiger partial charge in [-0.25, -0.2) is 8.42 Å². The molecule has 2 aliphatic rings. The lowest BCUT2D eigenvalue weighted by atomic mass is 9.84. The molecule has 2 aromatic carbocycles. The number of nitrogens with one attached hydrogen (secondary N) is 1. The quantitative estimate of drug-likeness (QED) is 0.530. The highest BCUT2D eigenvalue weighted by molar-refractivity contribution is 7.89. The third-order valence-electron chi connectivity index (χ3n) is 6.80. The van der Waals surface area contributed by atoms with Crippen molar-refractivity contribution >= 4 is 26.5 Å². The molecular weight excluding hydrogens is 418 g/mol. The highest BCUT2D eigenvalue weighted by Crippen LogP contribution is 2.37. The van der Waals surface area contributed by atoms with E-state index in [4.69, 9.17) is 0 Å². The molecule has 5 rings (SSSR count). The molecule has 0 amide bonds. The van der Waals surface area contributed by atoms with Gasteiger partial charge in [-0.05, 0) is 67.3 Å². The summed E-state index contributed by atoms with van der Waals surface area (Å²) in [6.45, 7) is 1.27. The molecule has 0 radical (unpaired) electrons. The molecule has 6 heteroatoms. The third-order valence-corrected chi connectivity index (χ3v) is 8.75. The third kappa shape index (κ3) is 4.52. The van der Waals surface area contributed by atoms with E-state index in [1.807, 2.05) is 48.5 Å². The van der Waals surface area contributed by atoms with Crippen LogP contribution in [0.15, 0.2) is 65.7 Å². The number of pyridine rings is 1. The fraction of sp³-hybridized carbons (Fsp3) is 0.423. The van der Waals surface area contributed by atoms with Crippen molar-refractivity contribution in [3.63, 3.8) is 0 Å². The van der Waals surface area contributed by atoms with Gasteiger partial charge < -0.3 is 5.32 Å². The fourth-order valence-corrected chi connectivity index (χ4v) is 6.96. The highest BCUT2D eigenvalue weighted by atomic mass is 32.2. The molecule has 1 aliphatic carbocycles. The molecule has 1 aliphatic heterocycles. The van der Waals surface area contributed by atoms with Crippen LogP contribution in [0.2, 0.25) is 0 Å². The molecule has 2 unspecified atom stereocenters. The molecule has 1 saturated carbocycles. The Morgan fingerprint density at radius 3 is 2.72 bits per heavy atom. The monoisotopic (exact) mass is 451 g/mol. The van der Waals surface area contributed by atoms with E-state index in [-0.39, 0.29) is 13.5 Å². The number of sulfonamides is 1. The largest absolute Gasteiger partial charge is 0.379 e. The summed E-state index contributed by atoms with van der Waals surface area (Å²) in [4.78, 5) is 4.77. The number of fused-ring (bicyclic) bond motifs is 3. The van der Waals surface area contributed by atoms with Gasteiger partial charge in [-0.15, -0.1) is 0 Å². The van der Waals surface area contributed by atoms with E-state index in [2.05, 4.69) is 10.3 Å². The molecule has 0 spiro atoms. The Kier molecular flexibility index (Phi) is 6.82. The molecule has 1 saturated heterocycles. The Morgan fingerprint density at radius 1 is 1.00 bits per heavy atom. The first-order valence-corrected chi connectivity index (χ1v) is 12.7. The van der Waals surface area contributed by atoms with Gasteiger partial charge in [-0.1, -0.05) is 44.5 Å². The highest BCUT2D eigenvalue weighted by Gasteiger charge is 2.36. The van der Waals surface area contributed by atoms with Crippen LogP contribution in [0.25, 0.3) is 10.8 Å². The summed E-state index contributed by atoms with van der Waals surface area (Å²) >= 11 is 0. The predicted molar refractivity (Wildman–Crippen MR) is 131 cm³/mol. The van der Waals surface area contributed by atoms with Crippen LogP contribution in [0.3, 0.4) is 0 Å². The smallest absolute Gasteiger partial charge is 0.243 e. The van der Waals surface area contributed by atoms with Gasteiger partial charge in [0.15, 0.2) is 0 Å². The Bertz CT molecular complexity index is 1160. The second kappa shape index (κ2) is 9.59. The molecule has 1 aromatic heterocycles. The molecule has 2 atom stereocenters. The van der Waals surface area contributed by atoms with Gasteiger partial charge in [0, 0.05) is 29.9 Å². The van der Waals surface area contributed by atoms with Gasteiger partial charge in [0.1, 0.15) is 0 Å². The van der Waals surface area contributed by atoms with Crippen molar-refractivity contribution in [2.75, 3.05) is 11.9 Å². The Labute approximate surface area is 191 Å². The van der Waals surface area contributed by atoms with E-state index in [1.165, 1.54) is 6.42 Å². The van der Waals surface area contributed by atoms with E-state index in [9.17, 15) is 8.42 Å². The van der Waals surface area contributed by atoms with E-state index in [0.717, 1.165) is 54.3 Å². The van der Waals surface area contributed by atoms with Crippen LogP contribution < -0.4 is 5.32 Å². The number of hydrogen-bond acceptors (Lipinski definition) is 4.